The number of carbonyl (C=O) groups is 1. The van der Waals surface area contributed by atoms with Gasteiger partial charge in [0.15, 0.2) is 0 Å². The molecule has 0 aromatic heterocycles. The third kappa shape index (κ3) is 2.66. The molecule has 1 saturated heterocycles. The predicted octanol–water partition coefficient (Wildman–Crippen LogP) is 1.85. The lowest BCUT2D eigenvalue weighted by molar-refractivity contribution is -0.142. The van der Waals surface area contributed by atoms with Gasteiger partial charge in [0.05, 0.1) is 7.11 Å². The molecule has 1 fully saturated rings. The van der Waals surface area contributed by atoms with Gasteiger partial charge < -0.3 is 14.8 Å². The molecule has 0 amide bonds. The number of fused-ring (bicyclic) bond motifs is 1. The summed E-state index contributed by atoms with van der Waals surface area (Å²) in [5.41, 5.74) is 2.78. The van der Waals surface area contributed by atoms with E-state index in [1.807, 2.05) is 0 Å². The highest BCUT2D eigenvalue weighted by molar-refractivity contribution is 5.76. The molecule has 2 aliphatic rings. The van der Waals surface area contributed by atoms with Gasteiger partial charge in [-0.05, 0) is 42.9 Å². The van der Waals surface area contributed by atoms with Gasteiger partial charge in [-0.2, -0.15) is 0 Å². The normalized spacial score (nSPS) is 25.1. The van der Waals surface area contributed by atoms with Crippen LogP contribution in [0.15, 0.2) is 18.2 Å². The predicted molar refractivity (Wildman–Crippen MR) is 75.9 cm³/mol. The third-order valence-electron chi connectivity index (χ3n) is 4.22. The highest BCUT2D eigenvalue weighted by atomic mass is 16.5. The summed E-state index contributed by atoms with van der Waals surface area (Å²) in [4.78, 5) is 11.5. The summed E-state index contributed by atoms with van der Waals surface area (Å²) in [5, 5.41) is 3.16. The Morgan fingerprint density at radius 1 is 1.30 bits per heavy atom. The molecule has 0 radical (unpaired) electrons. The van der Waals surface area contributed by atoms with E-state index in [0.29, 0.717) is 13.0 Å². The Labute approximate surface area is 119 Å². The van der Waals surface area contributed by atoms with E-state index in [4.69, 9.17) is 9.47 Å². The summed E-state index contributed by atoms with van der Waals surface area (Å²) in [6.45, 7) is 0.698. The van der Waals surface area contributed by atoms with Crippen LogP contribution in [0.1, 0.15) is 30.4 Å². The maximum absolute atomic E-state index is 11.5. The largest absolute Gasteiger partial charge is 0.489 e. The van der Waals surface area contributed by atoms with Crippen molar-refractivity contribution in [2.24, 2.45) is 0 Å². The number of hydrogen-bond acceptors (Lipinski definition) is 4. The Bertz CT molecular complexity index is 500. The molecule has 1 heterocycles. The minimum atomic E-state index is -0.232. The molecule has 108 valence electrons. The Morgan fingerprint density at radius 3 is 3.00 bits per heavy atom. The Morgan fingerprint density at radius 2 is 2.15 bits per heavy atom. The number of hydrogen-bond donors (Lipinski definition) is 1. The number of rotatable bonds is 3. The first-order valence-electron chi connectivity index (χ1n) is 7.36. The van der Waals surface area contributed by atoms with Gasteiger partial charge in [0, 0.05) is 13.0 Å². The number of benzene rings is 1. The van der Waals surface area contributed by atoms with Crippen LogP contribution in [0.5, 0.6) is 5.75 Å². The number of ether oxygens (including phenoxy) is 2. The van der Waals surface area contributed by atoms with E-state index < -0.39 is 0 Å². The number of aryl methyl sites for hydroxylation is 1. The molecule has 1 aromatic carbocycles. The van der Waals surface area contributed by atoms with Gasteiger partial charge in [0.1, 0.15) is 17.9 Å². The average Bonchev–Trinajstić information content (AvgIpc) is 2.95. The Hall–Kier alpha value is -1.55. The van der Waals surface area contributed by atoms with Crippen molar-refractivity contribution in [2.75, 3.05) is 13.7 Å². The standard InChI is InChI=1S/C16H21NO3/c1-19-16(18)14-9-12(10-17-14)20-15-8-4-6-11-5-2-3-7-13(11)15/h4,6,8,12,14,17H,2-3,5,7,9-10H2,1H3/t12-,14+/m1/s1. The van der Waals surface area contributed by atoms with Gasteiger partial charge in [-0.3, -0.25) is 4.79 Å². The smallest absolute Gasteiger partial charge is 0.323 e. The fourth-order valence-corrected chi connectivity index (χ4v) is 3.15. The summed E-state index contributed by atoms with van der Waals surface area (Å²) in [6, 6.07) is 6.09. The van der Waals surface area contributed by atoms with Crippen LogP contribution in [0, 0.1) is 0 Å². The SMILES string of the molecule is COC(=O)[C@@H]1C[C@@H](Oc2cccc3c2CCCC3)CN1. The maximum atomic E-state index is 11.5. The molecule has 1 aliphatic heterocycles. The number of nitrogens with one attached hydrogen (secondary N) is 1. The number of esters is 1. The molecule has 0 spiro atoms. The van der Waals surface area contributed by atoms with E-state index in [9.17, 15) is 4.79 Å². The molecule has 2 atom stereocenters. The van der Waals surface area contributed by atoms with Gasteiger partial charge in [-0.25, -0.2) is 0 Å². The van der Waals surface area contributed by atoms with Crippen molar-refractivity contribution in [3.8, 4) is 5.75 Å². The lowest BCUT2D eigenvalue weighted by Crippen LogP contribution is -2.31. The molecule has 3 rings (SSSR count). The van der Waals surface area contributed by atoms with Gasteiger partial charge in [-0.15, -0.1) is 0 Å². The van der Waals surface area contributed by atoms with E-state index in [0.717, 1.165) is 18.6 Å². The van der Waals surface area contributed by atoms with Crippen LogP contribution in [0.3, 0.4) is 0 Å². The Balaban J connectivity index is 1.69. The van der Waals surface area contributed by atoms with E-state index in [1.165, 1.54) is 31.1 Å². The van der Waals surface area contributed by atoms with Crippen molar-refractivity contribution in [2.45, 2.75) is 44.2 Å². The highest BCUT2D eigenvalue weighted by Crippen LogP contribution is 2.31. The fourth-order valence-electron chi connectivity index (χ4n) is 3.15. The van der Waals surface area contributed by atoms with Crippen LogP contribution < -0.4 is 10.1 Å². The zero-order valence-electron chi connectivity index (χ0n) is 11.9. The first-order valence-corrected chi connectivity index (χ1v) is 7.36. The molecule has 20 heavy (non-hydrogen) atoms. The number of carbonyl (C=O) groups excluding carboxylic acids is 1. The van der Waals surface area contributed by atoms with E-state index >= 15 is 0 Å². The topological polar surface area (TPSA) is 47.6 Å². The fraction of sp³-hybridized carbons (Fsp3) is 0.562. The summed E-state index contributed by atoms with van der Waals surface area (Å²) in [5.74, 6) is 0.797. The molecule has 0 unspecified atom stereocenters. The molecule has 4 heteroatoms. The van der Waals surface area contributed by atoms with Crippen molar-refractivity contribution in [3.63, 3.8) is 0 Å². The van der Waals surface area contributed by atoms with E-state index in [-0.39, 0.29) is 18.1 Å². The van der Waals surface area contributed by atoms with Crippen LogP contribution in [-0.2, 0) is 22.4 Å². The van der Waals surface area contributed by atoms with Crippen LogP contribution >= 0.6 is 0 Å². The Kier molecular flexibility index (Phi) is 3.92. The van der Waals surface area contributed by atoms with Gasteiger partial charge in [-0.1, -0.05) is 12.1 Å². The molecular formula is C16H21NO3. The zero-order chi connectivity index (χ0) is 13.9. The van der Waals surface area contributed by atoms with Crippen molar-refractivity contribution in [1.82, 2.24) is 5.32 Å². The van der Waals surface area contributed by atoms with Crippen molar-refractivity contribution in [1.29, 1.82) is 0 Å². The molecule has 1 aliphatic carbocycles. The van der Waals surface area contributed by atoms with Crippen molar-refractivity contribution < 1.29 is 14.3 Å². The molecule has 0 saturated carbocycles. The number of methoxy groups -OCH3 is 1. The second kappa shape index (κ2) is 5.83. The molecule has 1 N–H and O–H groups in total. The third-order valence-corrected chi connectivity index (χ3v) is 4.22. The maximum Gasteiger partial charge on any atom is 0.323 e. The first kappa shape index (κ1) is 13.4. The van der Waals surface area contributed by atoms with Crippen molar-refractivity contribution in [3.05, 3.63) is 29.3 Å². The van der Waals surface area contributed by atoms with Crippen LogP contribution in [0.2, 0.25) is 0 Å². The van der Waals surface area contributed by atoms with Crippen LogP contribution in [-0.4, -0.2) is 31.8 Å². The quantitative estimate of drug-likeness (QED) is 0.855. The second-order valence-electron chi connectivity index (χ2n) is 5.56. The summed E-state index contributed by atoms with van der Waals surface area (Å²) >= 11 is 0. The van der Waals surface area contributed by atoms with Crippen LogP contribution in [0.25, 0.3) is 0 Å². The van der Waals surface area contributed by atoms with Gasteiger partial charge >= 0.3 is 5.97 Å². The van der Waals surface area contributed by atoms with Crippen molar-refractivity contribution >= 4 is 5.97 Å². The van der Waals surface area contributed by atoms with Gasteiger partial charge in [0.2, 0.25) is 0 Å². The molecule has 0 bridgehead atoms. The highest BCUT2D eigenvalue weighted by Gasteiger charge is 2.31. The van der Waals surface area contributed by atoms with Gasteiger partial charge in [0.25, 0.3) is 0 Å². The average molecular weight is 275 g/mol. The zero-order valence-corrected chi connectivity index (χ0v) is 11.9. The summed E-state index contributed by atoms with van der Waals surface area (Å²) < 4.78 is 10.9. The lowest BCUT2D eigenvalue weighted by atomic mass is 9.91. The lowest BCUT2D eigenvalue weighted by Gasteiger charge is -2.21. The first-order chi connectivity index (χ1) is 9.78. The summed E-state index contributed by atoms with van der Waals surface area (Å²) in [6.07, 6.45) is 5.49. The molecule has 4 nitrogen and oxygen atoms in total. The second-order valence-corrected chi connectivity index (χ2v) is 5.56. The minimum Gasteiger partial charge on any atom is -0.489 e. The van der Waals surface area contributed by atoms with Crippen LogP contribution in [0.4, 0.5) is 0 Å². The monoisotopic (exact) mass is 275 g/mol. The molecule has 1 aromatic rings. The van der Waals surface area contributed by atoms with E-state index in [1.54, 1.807) is 0 Å². The summed E-state index contributed by atoms with van der Waals surface area (Å²) in [7, 11) is 1.42. The minimum absolute atomic E-state index is 0.0486. The van der Waals surface area contributed by atoms with E-state index in [2.05, 4.69) is 23.5 Å². The molecular weight excluding hydrogens is 254 g/mol.